The number of aliphatic hydroxyl groups excluding tert-OH is 1. The van der Waals surface area contributed by atoms with Gasteiger partial charge in [0, 0.05) is 6.42 Å². The predicted octanol–water partition coefficient (Wildman–Crippen LogP) is 2.74. The first-order valence-electron chi connectivity index (χ1n) is 3.66. The van der Waals surface area contributed by atoms with Crippen LogP contribution in [0, 0.1) is 0 Å². The third kappa shape index (κ3) is 17.7. The van der Waals surface area contributed by atoms with Crippen molar-refractivity contribution in [1.82, 2.24) is 0 Å². The summed E-state index contributed by atoms with van der Waals surface area (Å²) >= 11 is 0. The van der Waals surface area contributed by atoms with Gasteiger partial charge in [-0.2, -0.15) is 13.2 Å². The fourth-order valence-electron chi connectivity index (χ4n) is 0.373. The van der Waals surface area contributed by atoms with E-state index >= 15 is 0 Å². The summed E-state index contributed by atoms with van der Waals surface area (Å²) in [5, 5.41) is 8.42. The molecule has 1 N–H and O–H groups in total. The summed E-state index contributed by atoms with van der Waals surface area (Å²) in [4.78, 5) is 0. The first kappa shape index (κ1) is 13.3. The minimum atomic E-state index is -4.13. The Morgan fingerprint density at radius 3 is 1.73 bits per heavy atom. The van der Waals surface area contributed by atoms with Gasteiger partial charge in [0.2, 0.25) is 0 Å². The minimum absolute atomic E-state index is 0.205. The lowest BCUT2D eigenvalue weighted by molar-refractivity contribution is -0.139. The molecular formula is C7H15F3O. The van der Waals surface area contributed by atoms with Crippen molar-refractivity contribution in [2.75, 3.05) is 0 Å². The molecule has 0 aromatic rings. The van der Waals surface area contributed by atoms with Gasteiger partial charge in [-0.15, -0.1) is 0 Å². The Hall–Kier alpha value is -0.250. The maximum Gasteiger partial charge on any atom is 0.389 e. The number of aliphatic hydroxyl groups is 1. The second-order valence-electron chi connectivity index (χ2n) is 2.00. The number of alkyl halides is 3. The third-order valence-electron chi connectivity index (χ3n) is 0.846. The molecule has 11 heavy (non-hydrogen) atoms. The number of rotatable bonds is 2. The van der Waals surface area contributed by atoms with Gasteiger partial charge in [-0.05, 0) is 13.3 Å². The number of hydrogen-bond donors (Lipinski definition) is 1. The van der Waals surface area contributed by atoms with Gasteiger partial charge in [0.15, 0.2) is 0 Å². The lowest BCUT2D eigenvalue weighted by atomic mass is 10.2. The van der Waals surface area contributed by atoms with E-state index in [1.807, 2.05) is 13.8 Å². The van der Waals surface area contributed by atoms with Crippen LogP contribution in [0.3, 0.4) is 0 Å². The molecule has 1 nitrogen and oxygen atoms in total. The van der Waals surface area contributed by atoms with Crippen molar-refractivity contribution in [2.24, 2.45) is 0 Å². The van der Waals surface area contributed by atoms with Crippen LogP contribution in [-0.4, -0.2) is 17.4 Å². The van der Waals surface area contributed by atoms with E-state index in [9.17, 15) is 13.2 Å². The SMILES string of the molecule is CC.CC(O)CCC(F)(F)F. The normalized spacial score (nSPS) is 13.4. The van der Waals surface area contributed by atoms with E-state index in [1.54, 1.807) is 0 Å². The fraction of sp³-hybridized carbons (Fsp3) is 1.00. The van der Waals surface area contributed by atoms with E-state index < -0.39 is 18.7 Å². The second-order valence-corrected chi connectivity index (χ2v) is 2.00. The molecule has 1 unspecified atom stereocenters. The summed E-state index contributed by atoms with van der Waals surface area (Å²) in [6, 6.07) is 0. The van der Waals surface area contributed by atoms with Gasteiger partial charge in [-0.1, -0.05) is 13.8 Å². The van der Waals surface area contributed by atoms with Gasteiger partial charge in [0.25, 0.3) is 0 Å². The molecule has 0 bridgehead atoms. The molecule has 4 heteroatoms. The number of hydrogen-bond acceptors (Lipinski definition) is 1. The van der Waals surface area contributed by atoms with Crippen LogP contribution in [0.1, 0.15) is 33.6 Å². The molecule has 0 aromatic carbocycles. The Balaban J connectivity index is 0. The van der Waals surface area contributed by atoms with Crippen molar-refractivity contribution >= 4 is 0 Å². The second kappa shape index (κ2) is 6.46. The van der Waals surface area contributed by atoms with E-state index in [0.717, 1.165) is 0 Å². The average molecular weight is 172 g/mol. The summed E-state index contributed by atoms with van der Waals surface area (Å²) in [6.07, 6.45) is -6.09. The van der Waals surface area contributed by atoms with Crippen molar-refractivity contribution in [3.8, 4) is 0 Å². The first-order valence-corrected chi connectivity index (χ1v) is 3.66. The zero-order valence-corrected chi connectivity index (χ0v) is 7.07. The number of halogens is 3. The summed E-state index contributed by atoms with van der Waals surface area (Å²) < 4.78 is 33.9. The van der Waals surface area contributed by atoms with Gasteiger partial charge in [-0.25, -0.2) is 0 Å². The van der Waals surface area contributed by atoms with Crippen LogP contribution in [-0.2, 0) is 0 Å². The Morgan fingerprint density at radius 1 is 1.27 bits per heavy atom. The van der Waals surface area contributed by atoms with Crippen molar-refractivity contribution < 1.29 is 18.3 Å². The molecular weight excluding hydrogens is 157 g/mol. The Bertz CT molecular complexity index is 78.2. The molecule has 0 saturated heterocycles. The molecule has 0 radical (unpaired) electrons. The lowest BCUT2D eigenvalue weighted by Crippen LogP contribution is -2.11. The van der Waals surface area contributed by atoms with Crippen molar-refractivity contribution in [3.05, 3.63) is 0 Å². The highest BCUT2D eigenvalue weighted by Gasteiger charge is 2.26. The molecule has 1 atom stereocenters. The highest BCUT2D eigenvalue weighted by Crippen LogP contribution is 2.21. The molecule has 0 aromatic heterocycles. The maximum absolute atomic E-state index is 11.3. The van der Waals surface area contributed by atoms with E-state index in [1.165, 1.54) is 6.92 Å². The predicted molar refractivity (Wildman–Crippen MR) is 38.3 cm³/mol. The van der Waals surface area contributed by atoms with Crippen LogP contribution in [0.25, 0.3) is 0 Å². The van der Waals surface area contributed by atoms with Gasteiger partial charge < -0.3 is 5.11 Å². The molecule has 0 aliphatic carbocycles. The van der Waals surface area contributed by atoms with E-state index in [0.29, 0.717) is 0 Å². The highest BCUT2D eigenvalue weighted by atomic mass is 19.4. The molecule has 0 aliphatic heterocycles. The Kier molecular flexibility index (Phi) is 7.84. The molecule has 0 saturated carbocycles. The largest absolute Gasteiger partial charge is 0.393 e. The van der Waals surface area contributed by atoms with Gasteiger partial charge in [0.1, 0.15) is 0 Å². The minimum Gasteiger partial charge on any atom is -0.393 e. The molecule has 0 amide bonds. The fourth-order valence-corrected chi connectivity index (χ4v) is 0.373. The van der Waals surface area contributed by atoms with Crippen LogP contribution in [0.4, 0.5) is 13.2 Å². The summed E-state index contributed by atoms with van der Waals surface area (Å²) in [5.74, 6) is 0. The van der Waals surface area contributed by atoms with E-state index in [4.69, 9.17) is 5.11 Å². The topological polar surface area (TPSA) is 20.2 Å². The zero-order valence-electron chi connectivity index (χ0n) is 7.07. The van der Waals surface area contributed by atoms with E-state index in [-0.39, 0.29) is 6.42 Å². The van der Waals surface area contributed by atoms with E-state index in [2.05, 4.69) is 0 Å². The van der Waals surface area contributed by atoms with Crippen molar-refractivity contribution in [3.63, 3.8) is 0 Å². The quantitative estimate of drug-likeness (QED) is 0.679. The molecule has 0 heterocycles. The van der Waals surface area contributed by atoms with Gasteiger partial charge >= 0.3 is 6.18 Å². The smallest absolute Gasteiger partial charge is 0.389 e. The summed E-state index contributed by atoms with van der Waals surface area (Å²) in [6.45, 7) is 5.34. The molecule has 0 rings (SSSR count). The lowest BCUT2D eigenvalue weighted by Gasteiger charge is -2.06. The average Bonchev–Trinajstić information content (AvgIpc) is 1.87. The Morgan fingerprint density at radius 2 is 1.64 bits per heavy atom. The molecule has 0 aliphatic rings. The zero-order chi connectivity index (χ0) is 9.49. The first-order chi connectivity index (χ1) is 4.92. The van der Waals surface area contributed by atoms with Crippen molar-refractivity contribution in [2.45, 2.75) is 45.9 Å². The molecule has 0 fully saturated rings. The monoisotopic (exact) mass is 172 g/mol. The van der Waals surface area contributed by atoms with Crippen LogP contribution in [0.5, 0.6) is 0 Å². The van der Waals surface area contributed by atoms with Gasteiger partial charge in [-0.3, -0.25) is 0 Å². The third-order valence-corrected chi connectivity index (χ3v) is 0.846. The van der Waals surface area contributed by atoms with Crippen LogP contribution in [0.2, 0.25) is 0 Å². The van der Waals surface area contributed by atoms with Crippen molar-refractivity contribution in [1.29, 1.82) is 0 Å². The summed E-state index contributed by atoms with van der Waals surface area (Å²) in [5.41, 5.74) is 0. The van der Waals surface area contributed by atoms with Crippen LogP contribution < -0.4 is 0 Å². The van der Waals surface area contributed by atoms with Crippen LogP contribution in [0.15, 0.2) is 0 Å². The highest BCUT2D eigenvalue weighted by molar-refractivity contribution is 4.53. The Labute approximate surface area is 65.2 Å². The summed E-state index contributed by atoms with van der Waals surface area (Å²) in [7, 11) is 0. The maximum atomic E-state index is 11.3. The molecule has 0 spiro atoms. The molecule has 70 valence electrons. The van der Waals surface area contributed by atoms with Gasteiger partial charge in [0.05, 0.1) is 6.10 Å². The van der Waals surface area contributed by atoms with Crippen LogP contribution >= 0.6 is 0 Å². The standard InChI is InChI=1S/C5H9F3O.C2H6/c1-4(9)2-3-5(6,7)8;1-2/h4,9H,2-3H2,1H3;1-2H3.